The monoisotopic (exact) mass is 267 g/mol. The summed E-state index contributed by atoms with van der Waals surface area (Å²) in [6.45, 7) is 4.20. The molecule has 96 valence electrons. The summed E-state index contributed by atoms with van der Waals surface area (Å²) >= 11 is 1.76. The summed E-state index contributed by atoms with van der Waals surface area (Å²) in [6, 6.07) is 17.0. The Morgan fingerprint density at radius 3 is 2.63 bits per heavy atom. The van der Waals surface area contributed by atoms with E-state index in [1.54, 1.807) is 11.3 Å². The molecule has 0 aliphatic heterocycles. The van der Waals surface area contributed by atoms with E-state index in [0.717, 1.165) is 5.56 Å². The Hall–Kier alpha value is -1.64. The maximum Gasteiger partial charge on any atom is 0.0651 e. The van der Waals surface area contributed by atoms with Gasteiger partial charge in [0.2, 0.25) is 0 Å². The highest BCUT2D eigenvalue weighted by atomic mass is 32.1. The molecule has 0 saturated carbocycles. The topological polar surface area (TPSA) is 26.0 Å². The molecule has 1 nitrogen and oxygen atoms in total. The number of nitrogens with two attached hydrogens (primary N) is 1. The van der Waals surface area contributed by atoms with Crippen LogP contribution in [-0.4, -0.2) is 0 Å². The predicted octanol–water partition coefficient (Wildman–Crippen LogP) is 4.43. The van der Waals surface area contributed by atoms with Gasteiger partial charge in [-0.1, -0.05) is 48.0 Å². The van der Waals surface area contributed by atoms with E-state index in [1.165, 1.54) is 21.2 Å². The van der Waals surface area contributed by atoms with Gasteiger partial charge in [0, 0.05) is 4.70 Å². The lowest BCUT2D eigenvalue weighted by Crippen LogP contribution is -2.34. The van der Waals surface area contributed by atoms with E-state index in [1.807, 2.05) is 0 Å². The van der Waals surface area contributed by atoms with Gasteiger partial charge in [-0.2, -0.15) is 0 Å². The second-order valence-electron chi connectivity index (χ2n) is 5.22. The first-order valence-electron chi connectivity index (χ1n) is 6.42. The number of hydrogen-bond donors (Lipinski definition) is 1. The second-order valence-corrected chi connectivity index (χ2v) is 6.13. The number of benzene rings is 2. The Bertz CT molecular complexity index is 725. The van der Waals surface area contributed by atoms with Gasteiger partial charge in [0.1, 0.15) is 0 Å². The summed E-state index contributed by atoms with van der Waals surface area (Å²) in [5, 5.41) is 3.40. The molecule has 0 bridgehead atoms. The first-order chi connectivity index (χ1) is 9.09. The smallest absolute Gasteiger partial charge is 0.0651 e. The minimum absolute atomic E-state index is 0.462. The predicted molar refractivity (Wildman–Crippen MR) is 83.6 cm³/mol. The Morgan fingerprint density at radius 2 is 1.84 bits per heavy atom. The quantitative estimate of drug-likeness (QED) is 0.730. The Labute approximate surface area is 117 Å². The van der Waals surface area contributed by atoms with Crippen molar-refractivity contribution in [1.82, 2.24) is 0 Å². The van der Waals surface area contributed by atoms with Gasteiger partial charge in [0.05, 0.1) is 5.54 Å². The Kier molecular flexibility index (Phi) is 2.92. The molecule has 3 rings (SSSR count). The van der Waals surface area contributed by atoms with E-state index in [-0.39, 0.29) is 0 Å². The Morgan fingerprint density at radius 1 is 1.05 bits per heavy atom. The molecule has 0 amide bonds. The minimum Gasteiger partial charge on any atom is -0.318 e. The van der Waals surface area contributed by atoms with Crippen LogP contribution in [0.5, 0.6) is 0 Å². The minimum atomic E-state index is -0.462. The van der Waals surface area contributed by atoms with Crippen molar-refractivity contribution in [2.75, 3.05) is 0 Å². The van der Waals surface area contributed by atoms with Crippen LogP contribution in [0.25, 0.3) is 10.1 Å². The van der Waals surface area contributed by atoms with Crippen LogP contribution in [0.2, 0.25) is 0 Å². The molecule has 19 heavy (non-hydrogen) atoms. The molecule has 2 N–H and O–H groups in total. The van der Waals surface area contributed by atoms with Gasteiger partial charge < -0.3 is 5.73 Å². The van der Waals surface area contributed by atoms with E-state index in [0.29, 0.717) is 0 Å². The average Bonchev–Trinajstić information content (AvgIpc) is 2.86. The van der Waals surface area contributed by atoms with Crippen molar-refractivity contribution in [3.05, 3.63) is 70.6 Å². The number of aryl methyl sites for hydroxylation is 1. The summed E-state index contributed by atoms with van der Waals surface area (Å²) < 4.78 is 1.29. The van der Waals surface area contributed by atoms with Gasteiger partial charge in [0.15, 0.2) is 0 Å². The molecule has 0 aliphatic rings. The lowest BCUT2D eigenvalue weighted by atomic mass is 9.84. The van der Waals surface area contributed by atoms with Gasteiger partial charge in [-0.15, -0.1) is 11.3 Å². The van der Waals surface area contributed by atoms with Crippen LogP contribution < -0.4 is 5.73 Å². The third-order valence-electron chi connectivity index (χ3n) is 3.66. The van der Waals surface area contributed by atoms with Crippen molar-refractivity contribution >= 4 is 21.4 Å². The van der Waals surface area contributed by atoms with Crippen LogP contribution in [-0.2, 0) is 5.54 Å². The maximum absolute atomic E-state index is 6.66. The van der Waals surface area contributed by atoms with E-state index < -0.39 is 5.54 Å². The standard InChI is InChI=1S/C17H17NS/c1-12-5-3-7-14(11-12)17(2,18)15-8-4-6-13-9-10-19-16(13)15/h3-11H,18H2,1-2H3. The highest BCUT2D eigenvalue weighted by molar-refractivity contribution is 7.17. The zero-order valence-corrected chi connectivity index (χ0v) is 12.0. The van der Waals surface area contributed by atoms with Crippen molar-refractivity contribution in [1.29, 1.82) is 0 Å². The second kappa shape index (κ2) is 4.48. The van der Waals surface area contributed by atoms with Gasteiger partial charge >= 0.3 is 0 Å². The van der Waals surface area contributed by atoms with Gasteiger partial charge in [0.25, 0.3) is 0 Å². The summed E-state index contributed by atoms with van der Waals surface area (Å²) in [7, 11) is 0. The summed E-state index contributed by atoms with van der Waals surface area (Å²) in [5.41, 5.74) is 9.80. The number of hydrogen-bond acceptors (Lipinski definition) is 2. The van der Waals surface area contributed by atoms with E-state index in [2.05, 4.69) is 67.8 Å². The summed E-state index contributed by atoms with van der Waals surface area (Å²) in [5.74, 6) is 0. The van der Waals surface area contributed by atoms with Crippen molar-refractivity contribution < 1.29 is 0 Å². The average molecular weight is 267 g/mol. The van der Waals surface area contributed by atoms with Crippen LogP contribution in [0.3, 0.4) is 0 Å². The fourth-order valence-corrected chi connectivity index (χ4v) is 3.56. The van der Waals surface area contributed by atoms with Crippen molar-refractivity contribution in [2.45, 2.75) is 19.4 Å². The number of rotatable bonds is 2. The molecule has 1 aromatic heterocycles. The Balaban J connectivity index is 2.21. The summed E-state index contributed by atoms with van der Waals surface area (Å²) in [4.78, 5) is 0. The number of fused-ring (bicyclic) bond motifs is 1. The first kappa shape index (κ1) is 12.4. The highest BCUT2D eigenvalue weighted by Gasteiger charge is 2.26. The zero-order valence-electron chi connectivity index (χ0n) is 11.2. The molecule has 3 aromatic rings. The molecule has 0 spiro atoms. The molecule has 1 heterocycles. The molecule has 0 aliphatic carbocycles. The molecular weight excluding hydrogens is 250 g/mol. The fraction of sp³-hybridized carbons (Fsp3) is 0.176. The van der Waals surface area contributed by atoms with Crippen molar-refractivity contribution in [3.63, 3.8) is 0 Å². The molecule has 0 radical (unpaired) electrons. The zero-order chi connectivity index (χ0) is 13.5. The van der Waals surface area contributed by atoms with Crippen LogP contribution in [0.4, 0.5) is 0 Å². The SMILES string of the molecule is Cc1cccc(C(C)(N)c2cccc3ccsc23)c1. The third kappa shape index (κ3) is 2.07. The maximum atomic E-state index is 6.66. The van der Waals surface area contributed by atoms with Crippen molar-refractivity contribution in [3.8, 4) is 0 Å². The lowest BCUT2D eigenvalue weighted by molar-refractivity contribution is 0.609. The first-order valence-corrected chi connectivity index (χ1v) is 7.30. The fourth-order valence-electron chi connectivity index (χ4n) is 2.53. The third-order valence-corrected chi connectivity index (χ3v) is 4.62. The highest BCUT2D eigenvalue weighted by Crippen LogP contribution is 2.35. The van der Waals surface area contributed by atoms with Gasteiger partial charge in [-0.05, 0) is 41.8 Å². The van der Waals surface area contributed by atoms with Crippen molar-refractivity contribution in [2.24, 2.45) is 5.73 Å². The lowest BCUT2D eigenvalue weighted by Gasteiger charge is -2.27. The van der Waals surface area contributed by atoms with Gasteiger partial charge in [-0.25, -0.2) is 0 Å². The normalized spacial score (nSPS) is 14.5. The van der Waals surface area contributed by atoms with Crippen LogP contribution >= 0.6 is 11.3 Å². The molecule has 0 saturated heterocycles. The van der Waals surface area contributed by atoms with E-state index in [9.17, 15) is 0 Å². The molecule has 1 atom stereocenters. The van der Waals surface area contributed by atoms with Crippen LogP contribution in [0.15, 0.2) is 53.9 Å². The number of thiophene rings is 1. The molecular formula is C17H17NS. The van der Waals surface area contributed by atoms with Gasteiger partial charge in [-0.3, -0.25) is 0 Å². The van der Waals surface area contributed by atoms with E-state index >= 15 is 0 Å². The van der Waals surface area contributed by atoms with E-state index in [4.69, 9.17) is 5.73 Å². The molecule has 0 fully saturated rings. The molecule has 2 heteroatoms. The summed E-state index contributed by atoms with van der Waals surface area (Å²) in [6.07, 6.45) is 0. The molecule has 1 unspecified atom stereocenters. The largest absolute Gasteiger partial charge is 0.318 e. The molecule has 2 aromatic carbocycles. The van der Waals surface area contributed by atoms with Crippen LogP contribution in [0, 0.1) is 6.92 Å². The van der Waals surface area contributed by atoms with Crippen LogP contribution in [0.1, 0.15) is 23.6 Å².